The number of likely N-dealkylation sites (tertiary alicyclic amines) is 1. The van der Waals surface area contributed by atoms with Crippen LogP contribution in [0.15, 0.2) is 18.3 Å². The maximum absolute atomic E-state index is 15.1. The van der Waals surface area contributed by atoms with Gasteiger partial charge in [0.05, 0.1) is 24.8 Å². The first kappa shape index (κ1) is 27.9. The first-order chi connectivity index (χ1) is 17.9. The summed E-state index contributed by atoms with van der Waals surface area (Å²) in [5.41, 5.74) is 4.70. The van der Waals surface area contributed by atoms with E-state index in [2.05, 4.69) is 15.7 Å². The Morgan fingerprint density at radius 2 is 2.05 bits per heavy atom. The zero-order chi connectivity index (χ0) is 27.7. The Labute approximate surface area is 215 Å². The average Bonchev–Trinajstić information content (AvgIpc) is 3.21. The monoisotopic (exact) mass is 545 g/mol. The van der Waals surface area contributed by atoms with Crippen molar-refractivity contribution in [2.75, 3.05) is 37.7 Å². The number of carbonyl (C=O) groups is 2. The number of nitriles is 1. The number of hydrazine groups is 1. The van der Waals surface area contributed by atoms with Gasteiger partial charge in [0, 0.05) is 44.3 Å². The third-order valence-corrected chi connectivity index (χ3v) is 6.95. The van der Waals surface area contributed by atoms with E-state index in [0.29, 0.717) is 11.4 Å². The van der Waals surface area contributed by atoms with Crippen LogP contribution in [0.3, 0.4) is 0 Å². The van der Waals surface area contributed by atoms with Crippen molar-refractivity contribution in [2.24, 2.45) is 5.92 Å². The van der Waals surface area contributed by atoms with Crippen LogP contribution < -0.4 is 21.1 Å². The second kappa shape index (κ2) is 11.0. The number of nitrogens with zero attached hydrogens (tertiary/aromatic N) is 4. The van der Waals surface area contributed by atoms with Crippen molar-refractivity contribution in [3.63, 3.8) is 0 Å². The highest BCUT2D eigenvalue weighted by atomic mass is 19.4. The number of rotatable bonds is 7. The molecule has 0 bridgehead atoms. The van der Waals surface area contributed by atoms with E-state index in [1.807, 2.05) is 11.5 Å². The van der Waals surface area contributed by atoms with Gasteiger partial charge in [0.25, 0.3) is 11.8 Å². The van der Waals surface area contributed by atoms with E-state index >= 15 is 8.78 Å². The zero-order valence-corrected chi connectivity index (χ0v) is 20.5. The molecule has 10 nitrogen and oxygen atoms in total. The van der Waals surface area contributed by atoms with Gasteiger partial charge in [-0.25, -0.2) is 19.2 Å². The molecule has 2 unspecified atom stereocenters. The fourth-order valence-electron chi connectivity index (χ4n) is 5.12. The summed E-state index contributed by atoms with van der Waals surface area (Å²) in [4.78, 5) is 31.2. The Bertz CT molecular complexity index is 1060. The van der Waals surface area contributed by atoms with Gasteiger partial charge in [-0.1, -0.05) is 0 Å². The molecule has 1 aromatic rings. The number of anilines is 1. The van der Waals surface area contributed by atoms with Crippen LogP contribution in [0.5, 0.6) is 0 Å². The third kappa shape index (κ3) is 5.97. The highest BCUT2D eigenvalue weighted by Gasteiger charge is 2.53. The number of amides is 2. The van der Waals surface area contributed by atoms with Crippen LogP contribution in [0.4, 0.5) is 27.8 Å². The largest absolute Gasteiger partial charge is 0.402 e. The molecular weight excluding hydrogens is 517 g/mol. The summed E-state index contributed by atoms with van der Waals surface area (Å²) in [7, 11) is 0. The highest BCUT2D eigenvalue weighted by Crippen LogP contribution is 2.36. The van der Waals surface area contributed by atoms with Crippen molar-refractivity contribution in [1.82, 2.24) is 26.1 Å². The summed E-state index contributed by atoms with van der Waals surface area (Å²) in [6, 6.07) is 1.70. The zero-order valence-electron chi connectivity index (χ0n) is 20.5. The van der Waals surface area contributed by atoms with Crippen LogP contribution in [-0.2, 0) is 14.3 Å². The summed E-state index contributed by atoms with van der Waals surface area (Å²) in [6.07, 6.45) is -4.24. The molecule has 0 radical (unpaired) electrons. The summed E-state index contributed by atoms with van der Waals surface area (Å²) in [5.74, 6) is -6.94. The Balaban J connectivity index is 1.30. The van der Waals surface area contributed by atoms with E-state index in [1.54, 1.807) is 6.92 Å². The topological polar surface area (TPSA) is 123 Å². The van der Waals surface area contributed by atoms with Gasteiger partial charge in [-0.2, -0.15) is 18.4 Å². The molecule has 0 aliphatic carbocycles. The SMILES string of the molecule is C[C@@H](CO[C@@H]1CCN([C@H]2CCN(c3ccc(C#N)cn3)CC2(F)F)C1=O)NC1CNNC(=O)C1C(F)(F)F. The lowest BCUT2D eigenvalue weighted by Gasteiger charge is -2.42. The Morgan fingerprint density at radius 1 is 1.29 bits per heavy atom. The highest BCUT2D eigenvalue weighted by molar-refractivity contribution is 5.83. The lowest BCUT2D eigenvalue weighted by molar-refractivity contribution is -0.193. The quantitative estimate of drug-likeness (QED) is 0.433. The molecule has 38 heavy (non-hydrogen) atoms. The molecule has 4 heterocycles. The van der Waals surface area contributed by atoms with E-state index in [4.69, 9.17) is 10.00 Å². The van der Waals surface area contributed by atoms with Crippen LogP contribution in [-0.4, -0.2) is 90.8 Å². The molecule has 0 aromatic carbocycles. The lowest BCUT2D eigenvalue weighted by Crippen LogP contribution is -2.65. The van der Waals surface area contributed by atoms with Gasteiger partial charge in [0.1, 0.15) is 18.0 Å². The van der Waals surface area contributed by atoms with E-state index in [-0.39, 0.29) is 39.1 Å². The predicted octanol–water partition coefficient (Wildman–Crippen LogP) is 0.944. The Morgan fingerprint density at radius 3 is 2.68 bits per heavy atom. The summed E-state index contributed by atoms with van der Waals surface area (Å²) >= 11 is 0. The van der Waals surface area contributed by atoms with Gasteiger partial charge in [0.2, 0.25) is 5.91 Å². The molecule has 3 aliphatic rings. The molecule has 0 spiro atoms. The summed E-state index contributed by atoms with van der Waals surface area (Å²) in [5, 5.41) is 11.6. The van der Waals surface area contributed by atoms with E-state index in [0.717, 1.165) is 4.90 Å². The van der Waals surface area contributed by atoms with Gasteiger partial charge >= 0.3 is 6.18 Å². The van der Waals surface area contributed by atoms with E-state index in [1.165, 1.54) is 23.2 Å². The minimum absolute atomic E-state index is 0.000669. The number of aromatic nitrogens is 1. The molecule has 15 heteroatoms. The molecule has 1 aromatic heterocycles. The first-order valence-electron chi connectivity index (χ1n) is 12.2. The summed E-state index contributed by atoms with van der Waals surface area (Å²) in [6.45, 7) is 0.908. The molecule has 208 valence electrons. The van der Waals surface area contributed by atoms with Crippen molar-refractivity contribution in [3.05, 3.63) is 23.9 Å². The number of hydrogen-bond donors (Lipinski definition) is 3. The van der Waals surface area contributed by atoms with Gasteiger partial charge < -0.3 is 19.9 Å². The Hall–Kier alpha value is -3.09. The number of piperidine rings is 1. The molecule has 5 atom stereocenters. The standard InChI is InChI=1S/C23H28F5N7O3/c1-13(32-15-10-31-33-20(36)19(15)23(26,27)28)11-38-16-4-7-35(21(16)37)17-5-6-34(12-22(17,24)25)18-3-2-14(8-29)9-30-18/h2-3,9,13,15-17,19,31-32H,4-7,10-12H2,1H3,(H,33,36)/t13-,15?,16+,17-,19?/m0/s1. The van der Waals surface area contributed by atoms with Crippen molar-refractivity contribution in [3.8, 4) is 6.07 Å². The molecule has 3 saturated heterocycles. The smallest absolute Gasteiger partial charge is 0.367 e. The van der Waals surface area contributed by atoms with Gasteiger partial charge in [-0.3, -0.25) is 15.0 Å². The van der Waals surface area contributed by atoms with E-state index in [9.17, 15) is 22.8 Å². The van der Waals surface area contributed by atoms with E-state index < -0.39 is 60.6 Å². The van der Waals surface area contributed by atoms with Crippen molar-refractivity contribution < 1.29 is 36.3 Å². The number of hydrogen-bond acceptors (Lipinski definition) is 8. The first-order valence-corrected chi connectivity index (χ1v) is 12.2. The number of ether oxygens (including phenoxy) is 1. The van der Waals surface area contributed by atoms with Crippen molar-refractivity contribution >= 4 is 17.6 Å². The average molecular weight is 546 g/mol. The second-order valence-electron chi connectivity index (χ2n) is 9.71. The molecule has 3 fully saturated rings. The van der Waals surface area contributed by atoms with Crippen LogP contribution in [0, 0.1) is 17.2 Å². The van der Waals surface area contributed by atoms with Crippen LogP contribution in [0.25, 0.3) is 0 Å². The summed E-state index contributed by atoms with van der Waals surface area (Å²) < 4.78 is 75.9. The molecule has 0 saturated carbocycles. The van der Waals surface area contributed by atoms with Crippen LogP contribution >= 0.6 is 0 Å². The third-order valence-electron chi connectivity index (χ3n) is 6.95. The molecule has 3 aliphatic heterocycles. The Kier molecular flexibility index (Phi) is 8.05. The second-order valence-corrected chi connectivity index (χ2v) is 9.71. The number of carbonyl (C=O) groups excluding carboxylic acids is 2. The van der Waals surface area contributed by atoms with Gasteiger partial charge in [-0.15, -0.1) is 0 Å². The number of alkyl halides is 5. The van der Waals surface area contributed by atoms with Crippen LogP contribution in [0.1, 0.15) is 25.3 Å². The minimum Gasteiger partial charge on any atom is -0.367 e. The molecule has 2 amide bonds. The van der Waals surface area contributed by atoms with Gasteiger partial charge in [0.15, 0.2) is 5.92 Å². The lowest BCUT2D eigenvalue weighted by atomic mass is 9.96. The van der Waals surface area contributed by atoms with Crippen molar-refractivity contribution in [1.29, 1.82) is 5.26 Å². The number of halogens is 5. The fourth-order valence-corrected chi connectivity index (χ4v) is 5.12. The maximum Gasteiger partial charge on any atom is 0.402 e. The molecule has 3 N–H and O–H groups in total. The number of pyridine rings is 1. The minimum atomic E-state index is -4.75. The van der Waals surface area contributed by atoms with Crippen LogP contribution in [0.2, 0.25) is 0 Å². The normalized spacial score (nSPS) is 28.7. The number of nitrogens with one attached hydrogen (secondary N) is 3. The molecule has 4 rings (SSSR count). The molecular formula is C23H28F5N7O3. The fraction of sp³-hybridized carbons (Fsp3) is 0.652. The maximum atomic E-state index is 15.1. The predicted molar refractivity (Wildman–Crippen MR) is 123 cm³/mol. The van der Waals surface area contributed by atoms with Gasteiger partial charge in [-0.05, 0) is 25.5 Å². The van der Waals surface area contributed by atoms with Crippen molar-refractivity contribution in [2.45, 2.75) is 56.1 Å².